The molecule has 5 heteroatoms. The quantitative estimate of drug-likeness (QED) is 0.814. The number of carbonyl (C=O) groups excluding carboxylic acids is 2. The van der Waals surface area contributed by atoms with E-state index in [9.17, 15) is 14.0 Å². The minimum absolute atomic E-state index is 0.0813. The second-order valence-electron chi connectivity index (χ2n) is 4.15. The summed E-state index contributed by atoms with van der Waals surface area (Å²) in [5.41, 5.74) is 0.206. The van der Waals surface area contributed by atoms with Crippen molar-refractivity contribution < 1.29 is 18.7 Å². The number of ketones is 1. The summed E-state index contributed by atoms with van der Waals surface area (Å²) in [6, 6.07) is 3.95. The van der Waals surface area contributed by atoms with Crippen molar-refractivity contribution in [2.75, 3.05) is 13.7 Å². The van der Waals surface area contributed by atoms with Gasteiger partial charge in [0.25, 0.3) is 0 Å². The van der Waals surface area contributed by atoms with Gasteiger partial charge in [-0.05, 0) is 18.2 Å². The highest BCUT2D eigenvalue weighted by molar-refractivity contribution is 5.99. The van der Waals surface area contributed by atoms with Crippen LogP contribution in [0.15, 0.2) is 18.2 Å². The van der Waals surface area contributed by atoms with Crippen LogP contribution >= 0.6 is 0 Å². The van der Waals surface area contributed by atoms with Gasteiger partial charge in [0, 0.05) is 11.5 Å². The molecular weight excluding hydrogens is 237 g/mol. The number of amides is 1. The third kappa shape index (κ3) is 3.55. The van der Waals surface area contributed by atoms with Gasteiger partial charge in [0.1, 0.15) is 0 Å². The van der Waals surface area contributed by atoms with Gasteiger partial charge >= 0.3 is 0 Å². The first-order valence-corrected chi connectivity index (χ1v) is 5.60. The van der Waals surface area contributed by atoms with Crippen LogP contribution in [0.5, 0.6) is 5.75 Å². The van der Waals surface area contributed by atoms with Crippen LogP contribution in [0.4, 0.5) is 4.39 Å². The molecule has 0 atom stereocenters. The van der Waals surface area contributed by atoms with Gasteiger partial charge in [0.05, 0.1) is 13.7 Å². The van der Waals surface area contributed by atoms with E-state index in [2.05, 4.69) is 5.32 Å². The molecule has 0 aliphatic heterocycles. The highest BCUT2D eigenvalue weighted by Gasteiger charge is 2.12. The van der Waals surface area contributed by atoms with E-state index in [-0.39, 0.29) is 35.5 Å². The van der Waals surface area contributed by atoms with Crippen LogP contribution in [0.3, 0.4) is 0 Å². The number of ether oxygens (including phenoxy) is 1. The molecule has 4 nitrogen and oxygen atoms in total. The van der Waals surface area contributed by atoms with Crippen LogP contribution in [0.1, 0.15) is 24.2 Å². The van der Waals surface area contributed by atoms with Crippen molar-refractivity contribution in [1.82, 2.24) is 5.32 Å². The number of methoxy groups -OCH3 is 1. The molecule has 0 aliphatic carbocycles. The molecule has 0 radical (unpaired) electrons. The summed E-state index contributed by atoms with van der Waals surface area (Å²) in [6.07, 6.45) is 0. The summed E-state index contributed by atoms with van der Waals surface area (Å²) in [5, 5.41) is 2.49. The van der Waals surface area contributed by atoms with Crippen LogP contribution in [-0.4, -0.2) is 25.3 Å². The number of hydrogen-bond donors (Lipinski definition) is 1. The first-order chi connectivity index (χ1) is 8.45. The topological polar surface area (TPSA) is 55.4 Å². The van der Waals surface area contributed by atoms with Crippen LogP contribution in [0.25, 0.3) is 0 Å². The van der Waals surface area contributed by atoms with Crippen molar-refractivity contribution in [3.05, 3.63) is 29.6 Å². The van der Waals surface area contributed by atoms with Crippen LogP contribution in [0, 0.1) is 11.7 Å². The van der Waals surface area contributed by atoms with E-state index in [4.69, 9.17) is 4.74 Å². The third-order valence-electron chi connectivity index (χ3n) is 2.42. The van der Waals surface area contributed by atoms with Gasteiger partial charge in [0.15, 0.2) is 17.3 Å². The lowest BCUT2D eigenvalue weighted by molar-refractivity contribution is -0.123. The smallest absolute Gasteiger partial charge is 0.222 e. The highest BCUT2D eigenvalue weighted by Crippen LogP contribution is 2.17. The number of halogens is 1. The maximum absolute atomic E-state index is 13.4. The van der Waals surface area contributed by atoms with E-state index >= 15 is 0 Å². The Morgan fingerprint density at radius 2 is 2.06 bits per heavy atom. The molecular formula is C13H16FNO3. The summed E-state index contributed by atoms with van der Waals surface area (Å²) < 4.78 is 18.1. The molecule has 1 N–H and O–H groups in total. The zero-order chi connectivity index (χ0) is 13.7. The number of nitrogens with one attached hydrogen (secondary N) is 1. The van der Waals surface area contributed by atoms with E-state index in [1.807, 2.05) is 0 Å². The Balaban J connectivity index is 2.68. The Labute approximate surface area is 105 Å². The predicted octanol–water partition coefficient (Wildman–Crippen LogP) is 1.79. The number of rotatable bonds is 5. The first-order valence-electron chi connectivity index (χ1n) is 5.60. The molecule has 0 saturated heterocycles. The molecule has 0 fully saturated rings. The van der Waals surface area contributed by atoms with Crippen molar-refractivity contribution in [2.45, 2.75) is 13.8 Å². The van der Waals surface area contributed by atoms with Crippen molar-refractivity contribution in [3.8, 4) is 5.75 Å². The summed E-state index contributed by atoms with van der Waals surface area (Å²) in [5.74, 6) is -1.26. The van der Waals surface area contributed by atoms with E-state index < -0.39 is 5.82 Å². The summed E-state index contributed by atoms with van der Waals surface area (Å²) in [6.45, 7) is 3.32. The van der Waals surface area contributed by atoms with Gasteiger partial charge in [-0.2, -0.15) is 0 Å². The van der Waals surface area contributed by atoms with Gasteiger partial charge in [-0.25, -0.2) is 4.39 Å². The Morgan fingerprint density at radius 3 is 2.56 bits per heavy atom. The average Bonchev–Trinajstić information content (AvgIpc) is 2.35. The molecule has 98 valence electrons. The van der Waals surface area contributed by atoms with Gasteiger partial charge in [-0.3, -0.25) is 9.59 Å². The molecule has 0 unspecified atom stereocenters. The fraction of sp³-hybridized carbons (Fsp3) is 0.385. The molecule has 0 aromatic heterocycles. The SMILES string of the molecule is COc1ccc(C(=O)CNC(=O)C(C)C)cc1F. The lowest BCUT2D eigenvalue weighted by Crippen LogP contribution is -2.32. The summed E-state index contributed by atoms with van der Waals surface area (Å²) in [7, 11) is 1.35. The van der Waals surface area contributed by atoms with Gasteiger partial charge < -0.3 is 10.1 Å². The normalized spacial score (nSPS) is 10.3. The largest absolute Gasteiger partial charge is 0.494 e. The summed E-state index contributed by atoms with van der Waals surface area (Å²) >= 11 is 0. The monoisotopic (exact) mass is 253 g/mol. The number of benzene rings is 1. The standard InChI is InChI=1S/C13H16FNO3/c1-8(2)13(17)15-7-11(16)9-4-5-12(18-3)10(14)6-9/h4-6,8H,7H2,1-3H3,(H,15,17). The maximum Gasteiger partial charge on any atom is 0.222 e. The number of hydrogen-bond acceptors (Lipinski definition) is 3. The molecule has 0 spiro atoms. The second-order valence-corrected chi connectivity index (χ2v) is 4.15. The first kappa shape index (κ1) is 14.2. The molecule has 0 aliphatic rings. The zero-order valence-electron chi connectivity index (χ0n) is 10.6. The molecule has 18 heavy (non-hydrogen) atoms. The minimum atomic E-state index is -0.599. The zero-order valence-corrected chi connectivity index (χ0v) is 10.6. The Morgan fingerprint density at radius 1 is 1.39 bits per heavy atom. The van der Waals surface area contributed by atoms with E-state index in [0.717, 1.165) is 6.07 Å². The van der Waals surface area contributed by atoms with Crippen molar-refractivity contribution in [1.29, 1.82) is 0 Å². The van der Waals surface area contributed by atoms with Crippen LogP contribution < -0.4 is 10.1 Å². The van der Waals surface area contributed by atoms with Crippen LogP contribution in [-0.2, 0) is 4.79 Å². The molecule has 0 saturated carbocycles. The molecule has 1 aromatic carbocycles. The predicted molar refractivity (Wildman–Crippen MR) is 65.1 cm³/mol. The van der Waals surface area contributed by atoms with Crippen molar-refractivity contribution in [3.63, 3.8) is 0 Å². The van der Waals surface area contributed by atoms with Gasteiger partial charge in [-0.15, -0.1) is 0 Å². The van der Waals surface area contributed by atoms with E-state index in [1.165, 1.54) is 19.2 Å². The number of Topliss-reactive ketones (excluding diaryl/α,β-unsaturated/α-hetero) is 1. The third-order valence-corrected chi connectivity index (χ3v) is 2.42. The Hall–Kier alpha value is -1.91. The van der Waals surface area contributed by atoms with Crippen LogP contribution in [0.2, 0.25) is 0 Å². The average molecular weight is 253 g/mol. The molecule has 1 rings (SSSR count). The minimum Gasteiger partial charge on any atom is -0.494 e. The lowest BCUT2D eigenvalue weighted by Gasteiger charge is -2.08. The molecule has 0 heterocycles. The Kier molecular flexibility index (Phi) is 4.83. The van der Waals surface area contributed by atoms with E-state index in [0.29, 0.717) is 0 Å². The van der Waals surface area contributed by atoms with Crippen molar-refractivity contribution in [2.24, 2.45) is 5.92 Å². The molecule has 0 bridgehead atoms. The number of carbonyl (C=O) groups is 2. The molecule has 1 amide bonds. The lowest BCUT2D eigenvalue weighted by atomic mass is 10.1. The fourth-order valence-corrected chi connectivity index (χ4v) is 1.31. The maximum atomic E-state index is 13.4. The van der Waals surface area contributed by atoms with Gasteiger partial charge in [-0.1, -0.05) is 13.8 Å². The Bertz CT molecular complexity index is 458. The second kappa shape index (κ2) is 6.14. The van der Waals surface area contributed by atoms with E-state index in [1.54, 1.807) is 13.8 Å². The fourth-order valence-electron chi connectivity index (χ4n) is 1.31. The molecule has 1 aromatic rings. The van der Waals surface area contributed by atoms with Gasteiger partial charge in [0.2, 0.25) is 5.91 Å². The summed E-state index contributed by atoms with van der Waals surface area (Å²) in [4.78, 5) is 23.0. The highest BCUT2D eigenvalue weighted by atomic mass is 19.1. The van der Waals surface area contributed by atoms with Crippen molar-refractivity contribution >= 4 is 11.7 Å².